The minimum atomic E-state index is -0.165. The SMILES string of the molecule is CCCC1CCN(C(C)(CN)CC(OC)OC)CC1. The summed E-state index contributed by atoms with van der Waals surface area (Å²) in [5, 5.41) is 0. The summed E-state index contributed by atoms with van der Waals surface area (Å²) in [5.41, 5.74) is 6.02. The van der Waals surface area contributed by atoms with Crippen molar-refractivity contribution >= 4 is 0 Å². The molecule has 0 radical (unpaired) electrons. The van der Waals surface area contributed by atoms with Gasteiger partial charge in [0.1, 0.15) is 0 Å². The Bertz CT molecular complexity index is 238. The summed E-state index contributed by atoms with van der Waals surface area (Å²) in [4.78, 5) is 2.53. The first kappa shape index (κ1) is 16.9. The van der Waals surface area contributed by atoms with Crippen LogP contribution in [-0.2, 0) is 9.47 Å². The molecule has 0 spiro atoms. The molecule has 0 amide bonds. The second-order valence-corrected chi connectivity index (χ2v) is 6.03. The summed E-state index contributed by atoms with van der Waals surface area (Å²) >= 11 is 0. The maximum Gasteiger partial charge on any atom is 0.158 e. The molecule has 1 atom stereocenters. The highest BCUT2D eigenvalue weighted by Crippen LogP contribution is 2.29. The molecule has 0 aromatic rings. The van der Waals surface area contributed by atoms with E-state index < -0.39 is 0 Å². The Hall–Kier alpha value is -0.160. The molecule has 0 aromatic carbocycles. The van der Waals surface area contributed by atoms with E-state index in [0.29, 0.717) is 6.54 Å². The van der Waals surface area contributed by atoms with Crippen molar-refractivity contribution < 1.29 is 9.47 Å². The second kappa shape index (κ2) is 8.20. The van der Waals surface area contributed by atoms with Crippen LogP contribution in [0.4, 0.5) is 0 Å². The van der Waals surface area contributed by atoms with Crippen molar-refractivity contribution in [3.63, 3.8) is 0 Å². The highest BCUT2D eigenvalue weighted by atomic mass is 16.7. The van der Waals surface area contributed by atoms with E-state index in [-0.39, 0.29) is 11.8 Å². The van der Waals surface area contributed by atoms with E-state index >= 15 is 0 Å². The Kier molecular flexibility index (Phi) is 7.29. The van der Waals surface area contributed by atoms with Crippen molar-refractivity contribution in [1.82, 2.24) is 4.90 Å². The average Bonchev–Trinajstić information content (AvgIpc) is 2.45. The van der Waals surface area contributed by atoms with Gasteiger partial charge in [-0.2, -0.15) is 0 Å². The van der Waals surface area contributed by atoms with Gasteiger partial charge < -0.3 is 15.2 Å². The van der Waals surface area contributed by atoms with Gasteiger partial charge >= 0.3 is 0 Å². The van der Waals surface area contributed by atoms with Gasteiger partial charge in [-0.3, -0.25) is 4.90 Å². The molecule has 1 heterocycles. The largest absolute Gasteiger partial charge is 0.356 e. The third-order valence-corrected chi connectivity index (χ3v) is 4.65. The van der Waals surface area contributed by atoms with Crippen LogP contribution in [0.15, 0.2) is 0 Å². The summed E-state index contributed by atoms with van der Waals surface area (Å²) in [5.74, 6) is 0.906. The van der Waals surface area contributed by atoms with Crippen LogP contribution in [0.3, 0.4) is 0 Å². The van der Waals surface area contributed by atoms with Crippen LogP contribution >= 0.6 is 0 Å². The number of hydrogen-bond acceptors (Lipinski definition) is 4. The number of likely N-dealkylation sites (tertiary alicyclic amines) is 1. The molecular weight excluding hydrogens is 240 g/mol. The van der Waals surface area contributed by atoms with Gasteiger partial charge in [-0.15, -0.1) is 0 Å². The van der Waals surface area contributed by atoms with Crippen LogP contribution in [0.2, 0.25) is 0 Å². The van der Waals surface area contributed by atoms with Gasteiger partial charge in [0.25, 0.3) is 0 Å². The smallest absolute Gasteiger partial charge is 0.158 e. The van der Waals surface area contributed by atoms with Gasteiger partial charge in [-0.1, -0.05) is 19.8 Å². The highest BCUT2D eigenvalue weighted by Gasteiger charge is 2.35. The molecule has 1 aliphatic heterocycles. The van der Waals surface area contributed by atoms with Gasteiger partial charge in [-0.05, 0) is 38.8 Å². The van der Waals surface area contributed by atoms with Crippen molar-refractivity contribution in [3.8, 4) is 0 Å². The summed E-state index contributed by atoms with van der Waals surface area (Å²) in [7, 11) is 3.39. The van der Waals surface area contributed by atoms with E-state index in [1.54, 1.807) is 14.2 Å². The fourth-order valence-electron chi connectivity index (χ4n) is 3.13. The third kappa shape index (κ3) is 4.71. The summed E-state index contributed by atoms with van der Waals surface area (Å²) < 4.78 is 10.7. The lowest BCUT2D eigenvalue weighted by Crippen LogP contribution is -2.56. The van der Waals surface area contributed by atoms with Gasteiger partial charge in [0.15, 0.2) is 6.29 Å². The number of piperidine rings is 1. The highest BCUT2D eigenvalue weighted by molar-refractivity contribution is 4.91. The number of methoxy groups -OCH3 is 2. The van der Waals surface area contributed by atoms with Crippen molar-refractivity contribution in [3.05, 3.63) is 0 Å². The van der Waals surface area contributed by atoms with Gasteiger partial charge in [-0.25, -0.2) is 0 Å². The summed E-state index contributed by atoms with van der Waals surface area (Å²) in [6.45, 7) is 7.46. The quantitative estimate of drug-likeness (QED) is 0.688. The molecule has 0 bridgehead atoms. The molecule has 1 aliphatic rings. The van der Waals surface area contributed by atoms with E-state index in [2.05, 4.69) is 18.7 Å². The average molecular weight is 272 g/mol. The van der Waals surface area contributed by atoms with Gasteiger partial charge in [0, 0.05) is 32.7 Å². The number of hydrogen-bond donors (Lipinski definition) is 1. The predicted octanol–water partition coefficient (Wildman–Crippen LogP) is 2.22. The number of rotatable bonds is 8. The van der Waals surface area contributed by atoms with Crippen molar-refractivity contribution in [2.75, 3.05) is 33.9 Å². The van der Waals surface area contributed by atoms with Crippen LogP contribution in [-0.4, -0.2) is 50.6 Å². The lowest BCUT2D eigenvalue weighted by molar-refractivity contribution is -0.130. The Morgan fingerprint density at radius 2 is 1.84 bits per heavy atom. The Balaban J connectivity index is 2.55. The number of nitrogens with zero attached hydrogens (tertiary/aromatic N) is 1. The molecule has 4 heteroatoms. The van der Waals surface area contributed by atoms with E-state index in [0.717, 1.165) is 25.4 Å². The standard InChI is InChI=1S/C15H32N2O2/c1-5-6-13-7-9-17(10-8-13)15(2,12-16)11-14(18-3)19-4/h13-14H,5-12,16H2,1-4H3. The molecule has 1 rings (SSSR count). The lowest BCUT2D eigenvalue weighted by Gasteiger charge is -2.45. The van der Waals surface area contributed by atoms with E-state index in [1.165, 1.54) is 25.7 Å². The van der Waals surface area contributed by atoms with Crippen molar-refractivity contribution in [2.45, 2.75) is 57.8 Å². The van der Waals surface area contributed by atoms with Crippen LogP contribution < -0.4 is 5.73 Å². The topological polar surface area (TPSA) is 47.7 Å². The molecule has 114 valence electrons. The third-order valence-electron chi connectivity index (χ3n) is 4.65. The molecule has 0 aromatic heterocycles. The second-order valence-electron chi connectivity index (χ2n) is 6.03. The summed E-state index contributed by atoms with van der Waals surface area (Å²) in [6, 6.07) is 0. The zero-order valence-corrected chi connectivity index (χ0v) is 13.2. The Labute approximate surface area is 118 Å². The first-order valence-electron chi connectivity index (χ1n) is 7.60. The molecule has 2 N–H and O–H groups in total. The molecular formula is C15H32N2O2. The van der Waals surface area contributed by atoms with E-state index in [4.69, 9.17) is 15.2 Å². The predicted molar refractivity (Wildman–Crippen MR) is 79.1 cm³/mol. The Morgan fingerprint density at radius 1 is 1.26 bits per heavy atom. The molecule has 1 unspecified atom stereocenters. The molecule has 1 fully saturated rings. The minimum absolute atomic E-state index is 0.0200. The fraction of sp³-hybridized carbons (Fsp3) is 1.00. The van der Waals surface area contributed by atoms with Crippen LogP contribution in [0.5, 0.6) is 0 Å². The minimum Gasteiger partial charge on any atom is -0.356 e. The maximum atomic E-state index is 6.04. The number of ether oxygens (including phenoxy) is 2. The number of nitrogens with two attached hydrogens (primary N) is 1. The molecule has 0 saturated carbocycles. The zero-order chi connectivity index (χ0) is 14.3. The van der Waals surface area contributed by atoms with Crippen LogP contribution in [0.25, 0.3) is 0 Å². The molecule has 1 saturated heterocycles. The van der Waals surface area contributed by atoms with E-state index in [9.17, 15) is 0 Å². The summed E-state index contributed by atoms with van der Waals surface area (Å²) in [6.07, 6.45) is 5.93. The van der Waals surface area contributed by atoms with Gasteiger partial charge in [0.05, 0.1) is 0 Å². The molecule has 19 heavy (non-hydrogen) atoms. The van der Waals surface area contributed by atoms with E-state index in [1.807, 2.05) is 0 Å². The lowest BCUT2D eigenvalue weighted by atomic mass is 9.87. The van der Waals surface area contributed by atoms with Crippen molar-refractivity contribution in [2.24, 2.45) is 11.7 Å². The normalized spacial score (nSPS) is 21.8. The van der Waals surface area contributed by atoms with Crippen LogP contribution in [0, 0.1) is 5.92 Å². The molecule has 4 nitrogen and oxygen atoms in total. The van der Waals surface area contributed by atoms with Crippen molar-refractivity contribution in [1.29, 1.82) is 0 Å². The first-order valence-corrected chi connectivity index (χ1v) is 7.60. The first-order chi connectivity index (χ1) is 9.09. The Morgan fingerprint density at radius 3 is 2.26 bits per heavy atom. The fourth-order valence-corrected chi connectivity index (χ4v) is 3.13. The van der Waals surface area contributed by atoms with Gasteiger partial charge in [0.2, 0.25) is 0 Å². The maximum absolute atomic E-state index is 6.04. The molecule has 0 aliphatic carbocycles. The zero-order valence-electron chi connectivity index (χ0n) is 13.2. The monoisotopic (exact) mass is 272 g/mol. The van der Waals surface area contributed by atoms with Crippen LogP contribution in [0.1, 0.15) is 46.0 Å².